The van der Waals surface area contributed by atoms with E-state index in [2.05, 4.69) is 21.2 Å². The summed E-state index contributed by atoms with van der Waals surface area (Å²) in [5.74, 6) is 1.26. The lowest BCUT2D eigenvalue weighted by Gasteiger charge is -2.17. The molecule has 1 N–H and O–H groups in total. The first-order valence-electron chi connectivity index (χ1n) is 8.98. The summed E-state index contributed by atoms with van der Waals surface area (Å²) in [6, 6.07) is 16.9. The summed E-state index contributed by atoms with van der Waals surface area (Å²) in [5, 5.41) is 5.20. The molecule has 0 fully saturated rings. The maximum atomic E-state index is 6.25. The summed E-state index contributed by atoms with van der Waals surface area (Å²) in [4.78, 5) is 0. The van der Waals surface area contributed by atoms with Crippen LogP contribution in [-0.2, 0) is 13.2 Å². The van der Waals surface area contributed by atoms with E-state index >= 15 is 0 Å². The van der Waals surface area contributed by atoms with Gasteiger partial charge in [0.05, 0.1) is 11.1 Å². The fourth-order valence-electron chi connectivity index (χ4n) is 2.71. The molecule has 3 nitrogen and oxygen atoms in total. The Morgan fingerprint density at radius 1 is 0.931 bits per heavy atom. The monoisotopic (exact) mass is 513 g/mol. The lowest BCUT2D eigenvalue weighted by atomic mass is 10.2. The van der Waals surface area contributed by atoms with Gasteiger partial charge in [0.1, 0.15) is 6.61 Å². The molecule has 0 saturated carbocycles. The van der Waals surface area contributed by atoms with Crippen molar-refractivity contribution in [1.29, 1.82) is 0 Å². The molecule has 0 atom stereocenters. The van der Waals surface area contributed by atoms with E-state index in [9.17, 15) is 0 Å². The van der Waals surface area contributed by atoms with Crippen LogP contribution in [0.3, 0.4) is 0 Å². The third kappa shape index (κ3) is 5.95. The lowest BCUT2D eigenvalue weighted by molar-refractivity contribution is 0.267. The number of ether oxygens (including phenoxy) is 2. The third-order valence-electron chi connectivity index (χ3n) is 4.13. The van der Waals surface area contributed by atoms with Crippen LogP contribution in [0.15, 0.2) is 59.1 Å². The van der Waals surface area contributed by atoms with Crippen molar-refractivity contribution in [2.24, 2.45) is 0 Å². The van der Waals surface area contributed by atoms with Crippen molar-refractivity contribution in [2.45, 2.75) is 20.1 Å². The molecule has 0 bridgehead atoms. The van der Waals surface area contributed by atoms with Crippen molar-refractivity contribution in [2.75, 3.05) is 11.9 Å². The van der Waals surface area contributed by atoms with Crippen molar-refractivity contribution in [1.82, 2.24) is 0 Å². The molecule has 0 unspecified atom stereocenters. The first-order valence-corrected chi connectivity index (χ1v) is 10.9. The Balaban J connectivity index is 1.77. The summed E-state index contributed by atoms with van der Waals surface area (Å²) >= 11 is 22.0. The van der Waals surface area contributed by atoms with Gasteiger partial charge in [-0.2, -0.15) is 0 Å². The molecular weight excluding hydrogens is 497 g/mol. The van der Waals surface area contributed by atoms with E-state index < -0.39 is 0 Å². The van der Waals surface area contributed by atoms with E-state index in [4.69, 9.17) is 44.3 Å². The van der Waals surface area contributed by atoms with Gasteiger partial charge >= 0.3 is 0 Å². The number of anilines is 1. The van der Waals surface area contributed by atoms with E-state index in [-0.39, 0.29) is 6.61 Å². The molecule has 7 heteroatoms. The predicted octanol–water partition coefficient (Wildman–Crippen LogP) is 8.00. The fraction of sp³-hybridized carbons (Fsp3) is 0.182. The Labute approximate surface area is 194 Å². The van der Waals surface area contributed by atoms with E-state index in [1.807, 2.05) is 43.3 Å². The molecule has 0 heterocycles. The molecule has 0 amide bonds. The fourth-order valence-corrected chi connectivity index (χ4v) is 3.95. The van der Waals surface area contributed by atoms with Gasteiger partial charge in [0, 0.05) is 32.9 Å². The van der Waals surface area contributed by atoms with Crippen LogP contribution in [0.4, 0.5) is 5.69 Å². The Hall–Kier alpha value is -1.59. The van der Waals surface area contributed by atoms with Gasteiger partial charge in [0.25, 0.3) is 0 Å². The van der Waals surface area contributed by atoms with Gasteiger partial charge in [-0.3, -0.25) is 0 Å². The van der Waals surface area contributed by atoms with Gasteiger partial charge in [-0.25, -0.2) is 0 Å². The van der Waals surface area contributed by atoms with Gasteiger partial charge in [-0.05, 0) is 76.9 Å². The second-order valence-electron chi connectivity index (χ2n) is 6.19. The average molecular weight is 516 g/mol. The molecule has 0 aliphatic heterocycles. The molecular formula is C22H19BrCl3NO2. The Bertz CT molecular complexity index is 960. The zero-order valence-electron chi connectivity index (χ0n) is 15.6. The minimum atomic E-state index is 0.236. The molecule has 3 rings (SSSR count). The van der Waals surface area contributed by atoms with Gasteiger partial charge in [0.15, 0.2) is 11.5 Å². The molecule has 3 aromatic carbocycles. The van der Waals surface area contributed by atoms with Crippen LogP contribution in [0.25, 0.3) is 0 Å². The molecule has 0 aromatic heterocycles. The maximum absolute atomic E-state index is 6.25. The van der Waals surface area contributed by atoms with Gasteiger partial charge in [-0.15, -0.1) is 0 Å². The normalized spacial score (nSPS) is 10.7. The predicted molar refractivity (Wildman–Crippen MR) is 125 cm³/mol. The quantitative estimate of drug-likeness (QED) is 0.330. The lowest BCUT2D eigenvalue weighted by Crippen LogP contribution is -2.04. The second-order valence-corrected chi connectivity index (χ2v) is 8.29. The van der Waals surface area contributed by atoms with Crippen molar-refractivity contribution < 1.29 is 9.47 Å². The summed E-state index contributed by atoms with van der Waals surface area (Å²) in [6.45, 7) is 3.31. The van der Waals surface area contributed by atoms with E-state index in [0.717, 1.165) is 21.3 Å². The number of hydrogen-bond donors (Lipinski definition) is 1. The van der Waals surface area contributed by atoms with Crippen LogP contribution in [0.1, 0.15) is 18.1 Å². The standard InChI is InChI=1S/C22H19BrCl3NO2/c1-2-28-21-11-14(12-27-16-8-6-15(24)7-9-16)10-18(23)22(21)29-13-17-19(25)4-3-5-20(17)26/h3-11,27H,2,12-13H2,1H3. The van der Waals surface area contributed by atoms with Crippen LogP contribution in [0.5, 0.6) is 11.5 Å². The largest absolute Gasteiger partial charge is 0.490 e. The molecule has 152 valence electrons. The van der Waals surface area contributed by atoms with Crippen LogP contribution >= 0.6 is 50.7 Å². The molecule has 0 aliphatic rings. The zero-order valence-corrected chi connectivity index (χ0v) is 19.5. The second kappa shape index (κ2) is 10.4. The summed E-state index contributed by atoms with van der Waals surface area (Å²) in [6.07, 6.45) is 0. The number of hydrogen-bond acceptors (Lipinski definition) is 3. The highest BCUT2D eigenvalue weighted by atomic mass is 79.9. The van der Waals surface area contributed by atoms with Crippen LogP contribution in [0.2, 0.25) is 15.1 Å². The SMILES string of the molecule is CCOc1cc(CNc2ccc(Cl)cc2)cc(Br)c1OCc1c(Cl)cccc1Cl. The first-order chi connectivity index (χ1) is 14.0. The van der Waals surface area contributed by atoms with E-state index in [1.54, 1.807) is 18.2 Å². The Morgan fingerprint density at radius 3 is 2.28 bits per heavy atom. The van der Waals surface area contributed by atoms with Crippen LogP contribution in [0, 0.1) is 0 Å². The smallest absolute Gasteiger partial charge is 0.175 e. The highest BCUT2D eigenvalue weighted by Crippen LogP contribution is 2.38. The highest BCUT2D eigenvalue weighted by molar-refractivity contribution is 9.10. The van der Waals surface area contributed by atoms with Gasteiger partial charge in [-0.1, -0.05) is 40.9 Å². The Kier molecular flexibility index (Phi) is 7.96. The Morgan fingerprint density at radius 2 is 1.62 bits per heavy atom. The summed E-state index contributed by atoms with van der Waals surface area (Å²) in [5.41, 5.74) is 2.76. The summed E-state index contributed by atoms with van der Waals surface area (Å²) in [7, 11) is 0. The van der Waals surface area contributed by atoms with Crippen molar-refractivity contribution in [3.63, 3.8) is 0 Å². The van der Waals surface area contributed by atoms with Gasteiger partial charge in [0.2, 0.25) is 0 Å². The molecule has 0 radical (unpaired) electrons. The topological polar surface area (TPSA) is 30.5 Å². The minimum absolute atomic E-state index is 0.236. The molecule has 0 spiro atoms. The third-order valence-corrected chi connectivity index (χ3v) is 5.68. The molecule has 0 saturated heterocycles. The van der Waals surface area contributed by atoms with Crippen LogP contribution in [-0.4, -0.2) is 6.61 Å². The highest BCUT2D eigenvalue weighted by Gasteiger charge is 2.14. The van der Waals surface area contributed by atoms with E-state index in [0.29, 0.717) is 39.7 Å². The summed E-state index contributed by atoms with van der Waals surface area (Å²) < 4.78 is 12.6. The first kappa shape index (κ1) is 22.1. The molecule has 3 aromatic rings. The minimum Gasteiger partial charge on any atom is -0.490 e. The van der Waals surface area contributed by atoms with Gasteiger partial charge < -0.3 is 14.8 Å². The molecule has 0 aliphatic carbocycles. The maximum Gasteiger partial charge on any atom is 0.175 e. The van der Waals surface area contributed by atoms with Crippen molar-refractivity contribution >= 4 is 56.4 Å². The number of nitrogens with one attached hydrogen (secondary N) is 1. The van der Waals surface area contributed by atoms with Crippen LogP contribution < -0.4 is 14.8 Å². The molecule has 29 heavy (non-hydrogen) atoms. The van der Waals surface area contributed by atoms with E-state index in [1.165, 1.54) is 0 Å². The number of benzene rings is 3. The van der Waals surface area contributed by atoms with Crippen molar-refractivity contribution in [3.8, 4) is 11.5 Å². The number of halogens is 4. The number of rotatable bonds is 8. The average Bonchev–Trinajstić information content (AvgIpc) is 2.69. The zero-order chi connectivity index (χ0) is 20.8. The van der Waals surface area contributed by atoms with Crippen molar-refractivity contribution in [3.05, 3.63) is 85.3 Å².